The first-order valence-electron chi connectivity index (χ1n) is 14.5. The minimum Gasteiger partial charge on any atom is -0.508 e. The molecule has 3 aliphatic carbocycles. The molecule has 1 aliphatic heterocycles. The molecule has 8 atom stereocenters. The van der Waals surface area contributed by atoms with Crippen molar-refractivity contribution in [2.24, 2.45) is 16.7 Å². The lowest BCUT2D eigenvalue weighted by Gasteiger charge is -2.52. The van der Waals surface area contributed by atoms with Gasteiger partial charge in [0.2, 0.25) is 0 Å². The number of phenols is 1. The largest absolute Gasteiger partial charge is 0.508 e. The first-order valence-corrected chi connectivity index (χ1v) is 14.5. The highest BCUT2D eigenvalue weighted by Gasteiger charge is 2.74. The number of esters is 2. The molecule has 0 amide bonds. The van der Waals surface area contributed by atoms with Crippen LogP contribution in [0.4, 0.5) is 0 Å². The highest BCUT2D eigenvalue weighted by Crippen LogP contribution is 2.69. The van der Waals surface area contributed by atoms with Gasteiger partial charge in [-0.1, -0.05) is 37.6 Å². The zero-order valence-corrected chi connectivity index (χ0v) is 25.0. The molecule has 1 aromatic rings. The van der Waals surface area contributed by atoms with Crippen LogP contribution in [0.1, 0.15) is 59.4 Å². The van der Waals surface area contributed by atoms with Crippen LogP contribution in [0.25, 0.3) is 6.08 Å². The average molecular weight is 601 g/mol. The van der Waals surface area contributed by atoms with Crippen LogP contribution in [0.2, 0.25) is 0 Å². The summed E-state index contributed by atoms with van der Waals surface area (Å²) in [5.74, 6) is -2.70. The predicted octanol–water partition coefficient (Wildman–Crippen LogP) is 2.19. The fourth-order valence-electron chi connectivity index (χ4n) is 7.45. The van der Waals surface area contributed by atoms with Gasteiger partial charge in [-0.2, -0.15) is 0 Å². The standard InChI is InChI=1S/C32H40O11/c1-17-14-32(16-29(3,4)27(38)26(32)30(5,39)31(17)12-13-31)43-28-25(40-18(2)34)23(37)24(21(15-33)41-28)42-22(36)11-8-19-6-9-20(35)10-7-19/h6-11,14,21,23-26,28,33,35,37,39H,12-13,15-16H2,1-5H3/b11-8-/t21-,23+,24-,25-,26?,28+,30?,32?/m1/s1. The Morgan fingerprint density at radius 1 is 1.09 bits per heavy atom. The lowest BCUT2D eigenvalue weighted by atomic mass is 9.61. The molecule has 3 fully saturated rings. The Bertz CT molecular complexity index is 1340. The zero-order chi connectivity index (χ0) is 31.5. The van der Waals surface area contributed by atoms with E-state index < -0.39 is 77.2 Å². The van der Waals surface area contributed by atoms with Crippen molar-refractivity contribution in [2.75, 3.05) is 6.61 Å². The van der Waals surface area contributed by atoms with Crippen LogP contribution in [0.15, 0.2) is 42.0 Å². The second-order valence-electron chi connectivity index (χ2n) is 13.1. The van der Waals surface area contributed by atoms with Gasteiger partial charge < -0.3 is 39.4 Å². The van der Waals surface area contributed by atoms with E-state index in [-0.39, 0.29) is 18.0 Å². The lowest BCUT2D eigenvalue weighted by molar-refractivity contribution is -0.332. The molecule has 1 heterocycles. The molecular weight excluding hydrogens is 560 g/mol. The van der Waals surface area contributed by atoms with Crippen LogP contribution < -0.4 is 0 Å². The number of hydrogen-bond donors (Lipinski definition) is 4. The molecule has 5 rings (SSSR count). The molecule has 0 bridgehead atoms. The van der Waals surface area contributed by atoms with Crippen LogP contribution in [-0.2, 0) is 33.3 Å². The highest BCUT2D eigenvalue weighted by molar-refractivity contribution is 5.92. The maximum Gasteiger partial charge on any atom is 0.331 e. The summed E-state index contributed by atoms with van der Waals surface area (Å²) in [7, 11) is 0. The second kappa shape index (κ2) is 10.8. The van der Waals surface area contributed by atoms with Gasteiger partial charge >= 0.3 is 11.9 Å². The van der Waals surface area contributed by atoms with Crippen LogP contribution in [0.3, 0.4) is 0 Å². The molecule has 0 radical (unpaired) electrons. The number of benzene rings is 1. The van der Waals surface area contributed by atoms with E-state index in [1.807, 2.05) is 13.0 Å². The van der Waals surface area contributed by atoms with Gasteiger partial charge in [-0.25, -0.2) is 4.79 Å². The molecule has 11 heteroatoms. The molecule has 4 aliphatic rings. The second-order valence-corrected chi connectivity index (χ2v) is 13.1. The van der Waals surface area contributed by atoms with Gasteiger partial charge in [-0.05, 0) is 56.9 Å². The number of aliphatic hydroxyl groups is 3. The first-order chi connectivity index (χ1) is 20.1. The number of aromatic hydroxyl groups is 1. The number of hydrogen-bond acceptors (Lipinski definition) is 11. The Morgan fingerprint density at radius 3 is 2.33 bits per heavy atom. The number of rotatable bonds is 7. The summed E-state index contributed by atoms with van der Waals surface area (Å²) < 4.78 is 23.5. The normalized spacial score (nSPS) is 37.6. The van der Waals surface area contributed by atoms with Gasteiger partial charge in [-0.3, -0.25) is 9.59 Å². The topological polar surface area (TPSA) is 169 Å². The van der Waals surface area contributed by atoms with E-state index in [4.69, 9.17) is 18.9 Å². The average Bonchev–Trinajstić information content (AvgIpc) is 3.70. The molecule has 11 nitrogen and oxygen atoms in total. The Balaban J connectivity index is 1.44. The predicted molar refractivity (Wildman–Crippen MR) is 151 cm³/mol. The van der Waals surface area contributed by atoms with Gasteiger partial charge in [0.1, 0.15) is 29.3 Å². The van der Waals surface area contributed by atoms with Crippen molar-refractivity contribution in [1.29, 1.82) is 0 Å². The maximum absolute atomic E-state index is 13.8. The van der Waals surface area contributed by atoms with Gasteiger partial charge in [0.05, 0.1) is 18.1 Å². The maximum atomic E-state index is 13.8. The lowest BCUT2D eigenvalue weighted by Crippen LogP contribution is -2.65. The molecule has 1 aromatic carbocycles. The summed E-state index contributed by atoms with van der Waals surface area (Å²) in [5.41, 5.74) is -2.72. The minimum atomic E-state index is -1.67. The van der Waals surface area contributed by atoms with E-state index in [9.17, 15) is 34.8 Å². The molecule has 2 saturated carbocycles. The SMILES string of the molecule is CC(=O)O[C@H]1[C@H](OC23C=C(C)C4(CC4)C(C)(O)C2C(=O)C(C)(C)C3)O[C@H](CO)[C@@H](OC(=O)/C=C\c2ccc(O)cc2)[C@@H]1O. The molecular formula is C32H40O11. The highest BCUT2D eigenvalue weighted by atomic mass is 16.7. The van der Waals surface area contributed by atoms with Gasteiger partial charge in [0, 0.05) is 23.8 Å². The summed E-state index contributed by atoms with van der Waals surface area (Å²) in [6.07, 6.45) is -1.28. The summed E-state index contributed by atoms with van der Waals surface area (Å²) in [5, 5.41) is 42.9. The third-order valence-electron chi connectivity index (χ3n) is 9.62. The van der Waals surface area contributed by atoms with Crippen LogP contribution in [-0.4, -0.2) is 86.7 Å². The van der Waals surface area contributed by atoms with Crippen molar-refractivity contribution < 1.29 is 53.8 Å². The van der Waals surface area contributed by atoms with E-state index in [0.29, 0.717) is 5.56 Å². The number of Topliss-reactive ketones (excluding diaryl/α,β-unsaturated/α-hetero) is 1. The van der Waals surface area contributed by atoms with Crippen LogP contribution >= 0.6 is 0 Å². The Labute approximate surface area is 250 Å². The number of phenolic OH excluding ortho intramolecular Hbond substituents is 1. The molecule has 3 unspecified atom stereocenters. The molecule has 4 N–H and O–H groups in total. The van der Waals surface area contributed by atoms with E-state index in [1.165, 1.54) is 18.2 Å². The summed E-state index contributed by atoms with van der Waals surface area (Å²) in [4.78, 5) is 38.6. The third-order valence-corrected chi connectivity index (χ3v) is 9.62. The first kappa shape index (κ1) is 31.3. The Hall–Kier alpha value is -3.09. The summed E-state index contributed by atoms with van der Waals surface area (Å²) in [6.45, 7) is 7.59. The van der Waals surface area contributed by atoms with E-state index >= 15 is 0 Å². The van der Waals surface area contributed by atoms with Crippen LogP contribution in [0.5, 0.6) is 5.75 Å². The number of fused-ring (bicyclic) bond motifs is 1. The molecule has 234 valence electrons. The van der Waals surface area contributed by atoms with Gasteiger partial charge in [-0.15, -0.1) is 0 Å². The number of carbonyl (C=O) groups is 3. The van der Waals surface area contributed by atoms with Crippen molar-refractivity contribution in [3.05, 3.63) is 47.6 Å². The zero-order valence-electron chi connectivity index (χ0n) is 25.0. The van der Waals surface area contributed by atoms with Crippen molar-refractivity contribution in [3.8, 4) is 5.75 Å². The fraction of sp³-hybridized carbons (Fsp3) is 0.594. The van der Waals surface area contributed by atoms with Crippen molar-refractivity contribution in [2.45, 2.75) is 95.8 Å². The molecule has 1 saturated heterocycles. The van der Waals surface area contributed by atoms with Gasteiger partial charge in [0.15, 0.2) is 18.5 Å². The van der Waals surface area contributed by atoms with Crippen molar-refractivity contribution in [1.82, 2.24) is 0 Å². The molecule has 43 heavy (non-hydrogen) atoms. The fourth-order valence-corrected chi connectivity index (χ4v) is 7.45. The smallest absolute Gasteiger partial charge is 0.331 e. The number of ketones is 1. The van der Waals surface area contributed by atoms with E-state index in [0.717, 1.165) is 31.4 Å². The third kappa shape index (κ3) is 5.31. The molecule has 0 aromatic heterocycles. The quantitative estimate of drug-likeness (QED) is 0.206. The monoisotopic (exact) mass is 600 g/mol. The van der Waals surface area contributed by atoms with E-state index in [2.05, 4.69) is 0 Å². The Kier molecular flexibility index (Phi) is 7.88. The number of carbonyl (C=O) groups excluding carboxylic acids is 3. The summed E-state index contributed by atoms with van der Waals surface area (Å²) >= 11 is 0. The Morgan fingerprint density at radius 2 is 1.74 bits per heavy atom. The number of ether oxygens (including phenoxy) is 4. The minimum absolute atomic E-state index is 0.0622. The number of aliphatic hydroxyl groups excluding tert-OH is 2. The van der Waals surface area contributed by atoms with E-state index in [1.54, 1.807) is 32.9 Å². The van der Waals surface area contributed by atoms with Crippen molar-refractivity contribution in [3.63, 3.8) is 0 Å². The van der Waals surface area contributed by atoms with Crippen molar-refractivity contribution >= 4 is 23.8 Å². The molecule has 1 spiro atoms. The summed E-state index contributed by atoms with van der Waals surface area (Å²) in [6, 6.07) is 6.06. The van der Waals surface area contributed by atoms with Crippen LogP contribution in [0, 0.1) is 16.7 Å². The van der Waals surface area contributed by atoms with Gasteiger partial charge in [0.25, 0.3) is 0 Å².